The Morgan fingerprint density at radius 3 is 2.91 bits per heavy atom. The van der Waals surface area contributed by atoms with E-state index in [1.807, 2.05) is 6.07 Å². The molecule has 9 heteroatoms. The molecule has 1 aromatic heterocycles. The quantitative estimate of drug-likeness (QED) is 0.559. The Hall–Kier alpha value is -1.74. The van der Waals surface area contributed by atoms with Crippen LogP contribution in [0.5, 0.6) is 5.75 Å². The van der Waals surface area contributed by atoms with E-state index >= 15 is 0 Å². The molecule has 1 N–H and O–H groups in total. The van der Waals surface area contributed by atoms with Crippen LogP contribution < -0.4 is 10.1 Å². The number of rotatable bonds is 8. The highest BCUT2D eigenvalue weighted by atomic mass is 32.2. The summed E-state index contributed by atoms with van der Waals surface area (Å²) in [5.74, 6) is 0.769. The van der Waals surface area contributed by atoms with Crippen LogP contribution in [0.25, 0.3) is 0 Å². The summed E-state index contributed by atoms with van der Waals surface area (Å²) in [6.07, 6.45) is -2.62. The molecule has 2 aromatic rings. The zero-order valence-electron chi connectivity index (χ0n) is 12.0. The van der Waals surface area contributed by atoms with Gasteiger partial charge < -0.3 is 10.1 Å². The lowest BCUT2D eigenvalue weighted by atomic mass is 10.2. The summed E-state index contributed by atoms with van der Waals surface area (Å²) >= 11 is 2.87. The van der Waals surface area contributed by atoms with E-state index in [1.54, 1.807) is 18.2 Å². The predicted molar refractivity (Wildman–Crippen MR) is 86.1 cm³/mol. The number of aromatic nitrogens is 2. The third-order valence-electron chi connectivity index (χ3n) is 2.47. The number of anilines is 1. The summed E-state index contributed by atoms with van der Waals surface area (Å²) in [7, 11) is 0. The SMILES string of the molecule is C=CCNc1nnc(SCc2cccc(OCC(F)(F)F)c2)s1. The minimum Gasteiger partial charge on any atom is -0.484 e. The number of benzene rings is 1. The maximum Gasteiger partial charge on any atom is 0.422 e. The van der Waals surface area contributed by atoms with Gasteiger partial charge in [0.05, 0.1) is 0 Å². The van der Waals surface area contributed by atoms with Gasteiger partial charge >= 0.3 is 6.18 Å². The van der Waals surface area contributed by atoms with E-state index in [-0.39, 0.29) is 5.75 Å². The fourth-order valence-corrected chi connectivity index (χ4v) is 3.24. The molecule has 0 aliphatic carbocycles. The lowest BCUT2D eigenvalue weighted by molar-refractivity contribution is -0.153. The maximum atomic E-state index is 12.1. The smallest absolute Gasteiger partial charge is 0.422 e. The summed E-state index contributed by atoms with van der Waals surface area (Å²) in [6.45, 7) is 2.92. The Morgan fingerprint density at radius 1 is 1.35 bits per heavy atom. The maximum absolute atomic E-state index is 12.1. The van der Waals surface area contributed by atoms with Gasteiger partial charge in [0.2, 0.25) is 5.13 Å². The summed E-state index contributed by atoms with van der Waals surface area (Å²) in [5, 5.41) is 11.8. The lowest BCUT2D eigenvalue weighted by Crippen LogP contribution is -2.19. The highest BCUT2D eigenvalue weighted by Crippen LogP contribution is 2.29. The summed E-state index contributed by atoms with van der Waals surface area (Å²) in [4.78, 5) is 0. The molecule has 0 unspecified atom stereocenters. The molecule has 0 bridgehead atoms. The predicted octanol–water partition coefficient (Wildman–Crippen LogP) is 4.37. The molecule has 0 amide bonds. The second-order valence-electron chi connectivity index (χ2n) is 4.38. The number of alkyl halides is 3. The number of hydrogen-bond donors (Lipinski definition) is 1. The van der Waals surface area contributed by atoms with Crippen molar-refractivity contribution in [1.29, 1.82) is 0 Å². The molecule has 23 heavy (non-hydrogen) atoms. The van der Waals surface area contributed by atoms with E-state index in [1.165, 1.54) is 29.2 Å². The Kier molecular flexibility index (Phi) is 6.28. The standard InChI is InChI=1S/C14H14F3N3OS2/c1-2-6-18-12-19-20-13(23-12)22-8-10-4-3-5-11(7-10)21-9-14(15,16)17/h2-5,7H,1,6,8-9H2,(H,18,19). The van der Waals surface area contributed by atoms with Crippen molar-refractivity contribution in [2.75, 3.05) is 18.5 Å². The topological polar surface area (TPSA) is 47.0 Å². The van der Waals surface area contributed by atoms with Crippen LogP contribution in [0.15, 0.2) is 41.3 Å². The monoisotopic (exact) mass is 361 g/mol. The third kappa shape index (κ3) is 6.49. The minimum atomic E-state index is -4.34. The highest BCUT2D eigenvalue weighted by molar-refractivity contribution is 8.00. The van der Waals surface area contributed by atoms with Crippen LogP contribution in [0, 0.1) is 0 Å². The molecule has 0 saturated carbocycles. The second-order valence-corrected chi connectivity index (χ2v) is 6.58. The number of halogens is 3. The van der Waals surface area contributed by atoms with Crippen molar-refractivity contribution < 1.29 is 17.9 Å². The van der Waals surface area contributed by atoms with Gasteiger partial charge in [-0.05, 0) is 17.7 Å². The molecule has 0 spiro atoms. The van der Waals surface area contributed by atoms with Gasteiger partial charge in [-0.25, -0.2) is 0 Å². The van der Waals surface area contributed by atoms with Gasteiger partial charge in [0.25, 0.3) is 0 Å². The van der Waals surface area contributed by atoms with Crippen molar-refractivity contribution in [3.63, 3.8) is 0 Å². The van der Waals surface area contributed by atoms with Crippen LogP contribution in [-0.2, 0) is 5.75 Å². The normalized spacial score (nSPS) is 11.3. The Balaban J connectivity index is 1.88. The van der Waals surface area contributed by atoms with E-state index in [0.717, 1.165) is 9.90 Å². The van der Waals surface area contributed by atoms with Crippen molar-refractivity contribution >= 4 is 28.2 Å². The van der Waals surface area contributed by atoms with Crippen LogP contribution in [0.2, 0.25) is 0 Å². The Bertz CT molecular complexity index is 646. The molecular formula is C14H14F3N3OS2. The first-order valence-electron chi connectivity index (χ1n) is 6.56. The summed E-state index contributed by atoms with van der Waals surface area (Å²) < 4.78 is 41.9. The van der Waals surface area contributed by atoms with Gasteiger partial charge in [0, 0.05) is 12.3 Å². The number of nitrogens with zero attached hydrogens (tertiary/aromatic N) is 2. The third-order valence-corrected chi connectivity index (χ3v) is 4.55. The van der Waals surface area contributed by atoms with Crippen LogP contribution in [0.4, 0.5) is 18.3 Å². The van der Waals surface area contributed by atoms with E-state index in [9.17, 15) is 13.2 Å². The van der Waals surface area contributed by atoms with Crippen LogP contribution in [0.1, 0.15) is 5.56 Å². The van der Waals surface area contributed by atoms with E-state index in [0.29, 0.717) is 17.4 Å². The molecule has 0 aliphatic rings. The molecule has 0 atom stereocenters. The van der Waals surface area contributed by atoms with Crippen molar-refractivity contribution in [3.8, 4) is 5.75 Å². The number of ether oxygens (including phenoxy) is 1. The van der Waals surface area contributed by atoms with Gasteiger partial charge in [-0.1, -0.05) is 41.3 Å². The molecule has 0 radical (unpaired) electrons. The molecular weight excluding hydrogens is 347 g/mol. The highest BCUT2D eigenvalue weighted by Gasteiger charge is 2.28. The first-order valence-corrected chi connectivity index (χ1v) is 8.36. The van der Waals surface area contributed by atoms with Gasteiger partial charge in [0.1, 0.15) is 5.75 Å². The largest absolute Gasteiger partial charge is 0.484 e. The van der Waals surface area contributed by atoms with Gasteiger partial charge in [0.15, 0.2) is 10.9 Å². The molecule has 1 aromatic carbocycles. The van der Waals surface area contributed by atoms with Crippen molar-refractivity contribution in [2.24, 2.45) is 0 Å². The van der Waals surface area contributed by atoms with Gasteiger partial charge in [-0.2, -0.15) is 13.2 Å². The molecule has 0 aliphatic heterocycles. The zero-order chi connectivity index (χ0) is 16.7. The van der Waals surface area contributed by atoms with E-state index < -0.39 is 12.8 Å². The van der Waals surface area contributed by atoms with Crippen molar-refractivity contribution in [3.05, 3.63) is 42.5 Å². The van der Waals surface area contributed by atoms with Crippen LogP contribution in [-0.4, -0.2) is 29.5 Å². The van der Waals surface area contributed by atoms with Crippen molar-refractivity contribution in [2.45, 2.75) is 16.3 Å². The molecule has 2 rings (SSSR count). The minimum absolute atomic E-state index is 0.200. The average molecular weight is 361 g/mol. The molecule has 124 valence electrons. The second kappa shape index (κ2) is 8.21. The summed E-state index contributed by atoms with van der Waals surface area (Å²) in [5.41, 5.74) is 0.852. The van der Waals surface area contributed by atoms with Crippen molar-refractivity contribution in [1.82, 2.24) is 10.2 Å². The van der Waals surface area contributed by atoms with Gasteiger partial charge in [-0.15, -0.1) is 16.8 Å². The first-order chi connectivity index (χ1) is 11.0. The van der Waals surface area contributed by atoms with E-state index in [2.05, 4.69) is 22.1 Å². The number of nitrogens with one attached hydrogen (secondary N) is 1. The number of thioether (sulfide) groups is 1. The Labute approximate surface area is 139 Å². The fourth-order valence-electron chi connectivity index (χ4n) is 1.53. The zero-order valence-corrected chi connectivity index (χ0v) is 13.6. The average Bonchev–Trinajstić information content (AvgIpc) is 2.97. The van der Waals surface area contributed by atoms with Crippen LogP contribution in [0.3, 0.4) is 0 Å². The molecule has 0 fully saturated rings. The van der Waals surface area contributed by atoms with Crippen LogP contribution >= 0.6 is 23.1 Å². The summed E-state index contributed by atoms with van der Waals surface area (Å²) in [6, 6.07) is 6.59. The molecule has 1 heterocycles. The fraction of sp³-hybridized carbons (Fsp3) is 0.286. The molecule has 4 nitrogen and oxygen atoms in total. The molecule has 0 saturated heterocycles. The Morgan fingerprint density at radius 2 is 2.17 bits per heavy atom. The number of hydrogen-bond acceptors (Lipinski definition) is 6. The van der Waals surface area contributed by atoms with E-state index in [4.69, 9.17) is 4.74 Å². The lowest BCUT2D eigenvalue weighted by Gasteiger charge is -2.09. The van der Waals surface area contributed by atoms with Gasteiger partial charge in [-0.3, -0.25) is 0 Å². The first kappa shape index (κ1) is 17.6.